The predicted octanol–water partition coefficient (Wildman–Crippen LogP) is 2.60. The third-order valence-electron chi connectivity index (χ3n) is 3.71. The van der Waals surface area contributed by atoms with Crippen molar-refractivity contribution in [3.05, 3.63) is 95.9 Å². The van der Waals surface area contributed by atoms with Gasteiger partial charge in [-0.05, 0) is 0 Å². The molecular weight excluding hydrogens is 392 g/mol. The van der Waals surface area contributed by atoms with Crippen molar-refractivity contribution in [3.8, 4) is 0 Å². The first-order valence-electron chi connectivity index (χ1n) is 7.30. The number of hydrogen-bond donors (Lipinski definition) is 0. The Morgan fingerprint density at radius 2 is 0.769 bits per heavy atom. The maximum atomic E-state index is 12.0. The van der Waals surface area contributed by atoms with Crippen molar-refractivity contribution < 1.29 is 26.4 Å². The van der Waals surface area contributed by atoms with Crippen LogP contribution in [0.5, 0.6) is 0 Å². The van der Waals surface area contributed by atoms with E-state index in [0.717, 1.165) is 15.9 Å². The Labute approximate surface area is 164 Å². The summed E-state index contributed by atoms with van der Waals surface area (Å²) in [7, 11) is -2.83. The zero-order chi connectivity index (χ0) is 18.5. The van der Waals surface area contributed by atoms with Crippen LogP contribution in [-0.2, 0) is 26.4 Å². The van der Waals surface area contributed by atoms with Crippen LogP contribution in [0.3, 0.4) is 0 Å². The van der Waals surface area contributed by atoms with E-state index >= 15 is 0 Å². The molecule has 5 radical (unpaired) electrons. The average molecular weight is 408 g/mol. The second-order valence-electron chi connectivity index (χ2n) is 4.90. The SMILES string of the molecule is O=N[PH](c1ccccc1)(c1ccccc1)c1ccccc1.[C]=O.[C]=O.[Co]. The van der Waals surface area contributed by atoms with E-state index in [0.29, 0.717) is 0 Å². The summed E-state index contributed by atoms with van der Waals surface area (Å²) in [4.78, 5) is 30.8. The smallest absolute Gasteiger partial charge is 0.281 e. The molecule has 0 atom stereocenters. The molecule has 0 unspecified atom stereocenters. The van der Waals surface area contributed by atoms with Crippen LogP contribution in [0.4, 0.5) is 0 Å². The number of nitrogens with zero attached hydrogens (tertiary/aromatic N) is 1. The molecule has 6 heteroatoms. The summed E-state index contributed by atoms with van der Waals surface area (Å²) in [5.41, 5.74) is 0. The van der Waals surface area contributed by atoms with Crippen LogP contribution in [0.2, 0.25) is 0 Å². The molecule has 0 aliphatic rings. The summed E-state index contributed by atoms with van der Waals surface area (Å²) in [6.45, 7) is 9.00. The third kappa shape index (κ3) is 5.02. The summed E-state index contributed by atoms with van der Waals surface area (Å²) in [6.07, 6.45) is 0. The Balaban J connectivity index is 0.00000117. The zero-order valence-electron chi connectivity index (χ0n) is 13.7. The summed E-state index contributed by atoms with van der Waals surface area (Å²) in [5.74, 6) is 0. The van der Waals surface area contributed by atoms with Gasteiger partial charge in [-0.2, -0.15) is 0 Å². The standard InChI is InChI=1S/C18H16NOP.2CO.Co/c20-19-21(16-10-4-1-5-11-16,17-12-6-2-7-13-17)18-14-8-3-9-15-18;2*1-2;/h1-15,21H;;;. The van der Waals surface area contributed by atoms with E-state index in [2.05, 4.69) is 18.5 Å². The molecule has 0 N–H and O–H groups in total. The largest absolute Gasteiger partial charge is 0.281 e. The van der Waals surface area contributed by atoms with Crippen molar-refractivity contribution in [1.29, 1.82) is 0 Å². The van der Waals surface area contributed by atoms with Gasteiger partial charge in [-0.3, -0.25) is 9.59 Å². The molecule has 0 saturated carbocycles. The molecule has 0 bridgehead atoms. The van der Waals surface area contributed by atoms with Crippen LogP contribution >= 0.6 is 7.41 Å². The van der Waals surface area contributed by atoms with Gasteiger partial charge in [0.05, 0.1) is 0 Å². The number of benzene rings is 3. The van der Waals surface area contributed by atoms with E-state index in [1.165, 1.54) is 0 Å². The minimum absolute atomic E-state index is 0. The fraction of sp³-hybridized carbons (Fsp3) is 0. The summed E-state index contributed by atoms with van der Waals surface area (Å²) in [6, 6.07) is 29.7. The van der Waals surface area contributed by atoms with Crippen molar-refractivity contribution >= 4 is 36.9 Å². The molecule has 3 aromatic rings. The monoisotopic (exact) mass is 408 g/mol. The van der Waals surface area contributed by atoms with Crippen molar-refractivity contribution in [2.24, 2.45) is 4.95 Å². The fourth-order valence-corrected chi connectivity index (χ4v) is 6.04. The molecule has 0 heterocycles. The predicted molar refractivity (Wildman–Crippen MR) is 104 cm³/mol. The van der Waals surface area contributed by atoms with Gasteiger partial charge in [0.25, 0.3) is 13.6 Å². The summed E-state index contributed by atoms with van der Waals surface area (Å²) in [5, 5.41) is 3.03. The molecule has 26 heavy (non-hydrogen) atoms. The maximum absolute atomic E-state index is 12.0. The Hall–Kier alpha value is -2.46. The van der Waals surface area contributed by atoms with Gasteiger partial charge in [0.2, 0.25) is 0 Å². The van der Waals surface area contributed by atoms with Crippen LogP contribution in [0, 0.1) is 4.91 Å². The molecule has 133 valence electrons. The summed E-state index contributed by atoms with van der Waals surface area (Å²) >= 11 is 0. The molecule has 3 rings (SSSR count). The molecule has 0 saturated heterocycles. The molecule has 0 fully saturated rings. The van der Waals surface area contributed by atoms with Gasteiger partial charge >= 0.3 is 124 Å². The Morgan fingerprint density at radius 3 is 0.962 bits per heavy atom. The average Bonchev–Trinajstić information content (AvgIpc) is 2.74. The quantitative estimate of drug-likeness (QED) is 0.493. The minimum atomic E-state index is -2.83. The van der Waals surface area contributed by atoms with Gasteiger partial charge in [0.1, 0.15) is 0 Å². The Bertz CT molecular complexity index is 659. The van der Waals surface area contributed by atoms with E-state index < -0.39 is 7.41 Å². The zero-order valence-corrected chi connectivity index (χ0v) is 15.7. The first-order valence-corrected chi connectivity index (χ1v) is 9.24. The van der Waals surface area contributed by atoms with Gasteiger partial charge < -0.3 is 0 Å². The third-order valence-corrected chi connectivity index (χ3v) is 7.49. The molecule has 0 aromatic heterocycles. The second-order valence-corrected chi connectivity index (χ2v) is 8.24. The van der Waals surface area contributed by atoms with E-state index in [1.807, 2.05) is 91.0 Å². The minimum Gasteiger partial charge on any atom is -0.281 e. The molecule has 0 aliphatic heterocycles. The van der Waals surface area contributed by atoms with Crippen LogP contribution in [0.25, 0.3) is 0 Å². The van der Waals surface area contributed by atoms with E-state index in [-0.39, 0.29) is 16.8 Å². The molecular formula is C20H16CoNO3P. The number of nitroso groups, excluding NO2 is 1. The van der Waals surface area contributed by atoms with E-state index in [9.17, 15) is 4.91 Å². The molecule has 0 aliphatic carbocycles. The van der Waals surface area contributed by atoms with Crippen LogP contribution in [0.15, 0.2) is 95.9 Å². The van der Waals surface area contributed by atoms with Crippen LogP contribution < -0.4 is 15.9 Å². The molecule has 0 amide bonds. The summed E-state index contributed by atoms with van der Waals surface area (Å²) < 4.78 is 0. The fourth-order valence-electron chi connectivity index (χ4n) is 2.70. The number of hydrogen-bond acceptors (Lipinski definition) is 4. The first kappa shape index (κ1) is 23.5. The number of rotatable bonds is 4. The Kier molecular flexibility index (Phi) is 11.6. The van der Waals surface area contributed by atoms with Crippen LogP contribution in [-0.4, -0.2) is 13.6 Å². The van der Waals surface area contributed by atoms with E-state index in [1.54, 1.807) is 0 Å². The van der Waals surface area contributed by atoms with E-state index in [4.69, 9.17) is 9.59 Å². The van der Waals surface area contributed by atoms with Gasteiger partial charge in [-0.15, -0.1) is 0 Å². The topological polar surface area (TPSA) is 63.6 Å². The van der Waals surface area contributed by atoms with Crippen molar-refractivity contribution in [2.75, 3.05) is 0 Å². The Morgan fingerprint density at radius 1 is 0.538 bits per heavy atom. The number of carbonyl (C=O) groups excluding carboxylic acids is 2. The van der Waals surface area contributed by atoms with Crippen LogP contribution in [0.1, 0.15) is 0 Å². The van der Waals surface area contributed by atoms with Gasteiger partial charge in [-0.25, -0.2) is 0 Å². The molecule has 4 nitrogen and oxygen atoms in total. The van der Waals surface area contributed by atoms with Crippen molar-refractivity contribution in [3.63, 3.8) is 0 Å². The van der Waals surface area contributed by atoms with Gasteiger partial charge in [0, 0.05) is 16.8 Å². The van der Waals surface area contributed by atoms with Crippen molar-refractivity contribution in [1.82, 2.24) is 0 Å². The normalized spacial score (nSPS) is 9.85. The molecule has 3 aromatic carbocycles. The van der Waals surface area contributed by atoms with Crippen molar-refractivity contribution in [2.45, 2.75) is 0 Å². The first-order chi connectivity index (χ1) is 12.4. The second kappa shape index (κ2) is 12.8. The van der Waals surface area contributed by atoms with Gasteiger partial charge in [-0.1, -0.05) is 0 Å². The maximum Gasteiger partial charge on any atom is 0.281 e. The van der Waals surface area contributed by atoms with Gasteiger partial charge in [0.15, 0.2) is 0 Å². The molecule has 0 spiro atoms.